The summed E-state index contributed by atoms with van der Waals surface area (Å²) in [5.41, 5.74) is -0.191. The fraction of sp³-hybridized carbons (Fsp3) is 0.583. The minimum absolute atomic E-state index is 0.0527. The van der Waals surface area contributed by atoms with Crippen LogP contribution < -0.4 is 5.32 Å². The second-order valence-electron chi connectivity index (χ2n) is 11.1. The maximum atomic E-state index is 12.6. The van der Waals surface area contributed by atoms with Gasteiger partial charge in [0, 0.05) is 25.7 Å². The van der Waals surface area contributed by atoms with Gasteiger partial charge in [0.25, 0.3) is 0 Å². The zero-order valence-electron chi connectivity index (χ0n) is 29.6. The predicted molar refractivity (Wildman–Crippen MR) is 181 cm³/mol. The molecule has 1 aromatic carbocycles. The summed E-state index contributed by atoms with van der Waals surface area (Å²) in [7, 11) is 5.60. The molecule has 0 aliphatic rings. The van der Waals surface area contributed by atoms with E-state index in [2.05, 4.69) is 83.7 Å². The van der Waals surface area contributed by atoms with Crippen molar-refractivity contribution in [3.8, 4) is 0 Å². The second-order valence-corrected chi connectivity index (χ2v) is 11.1. The molecule has 0 saturated carbocycles. The minimum Gasteiger partial charge on any atom is -0.342 e. The van der Waals surface area contributed by atoms with E-state index in [1.54, 1.807) is 0 Å². The lowest BCUT2D eigenvalue weighted by molar-refractivity contribution is -0.143. The summed E-state index contributed by atoms with van der Waals surface area (Å²) in [6.07, 6.45) is 4.42. The lowest BCUT2D eigenvalue weighted by atomic mass is 9.86. The molecule has 4 atom stereocenters. The van der Waals surface area contributed by atoms with Gasteiger partial charge in [-0.15, -0.1) is 0 Å². The molecule has 1 amide bonds. The van der Waals surface area contributed by atoms with Crippen molar-refractivity contribution in [3.05, 3.63) is 83.0 Å². The number of hydrogen-bond donors (Lipinski definition) is 1. The van der Waals surface area contributed by atoms with Gasteiger partial charge < -0.3 is 15.1 Å². The second kappa shape index (κ2) is 22.6. The van der Waals surface area contributed by atoms with Gasteiger partial charge in [-0.2, -0.15) is 26.3 Å². The zero-order valence-corrected chi connectivity index (χ0v) is 29.6. The van der Waals surface area contributed by atoms with Crippen LogP contribution >= 0.6 is 0 Å². The number of benzene rings is 1. The number of carbonyl (C=O) groups is 1. The fourth-order valence-corrected chi connectivity index (χ4v) is 4.76. The quantitative estimate of drug-likeness (QED) is 0.115. The van der Waals surface area contributed by atoms with E-state index in [1.165, 1.54) is 38.0 Å². The summed E-state index contributed by atoms with van der Waals surface area (Å²) < 4.78 is 75.8. The molecule has 1 N–H and O–H groups in total. The topological polar surface area (TPSA) is 35.6 Å². The number of amides is 1. The molecule has 0 spiro atoms. The molecule has 0 aliphatic carbocycles. The number of halogens is 6. The summed E-state index contributed by atoms with van der Waals surface area (Å²) in [6, 6.07) is 1.40. The molecule has 0 aromatic heterocycles. The Morgan fingerprint density at radius 2 is 1.52 bits per heavy atom. The third-order valence-corrected chi connectivity index (χ3v) is 8.14. The van der Waals surface area contributed by atoms with E-state index in [0.29, 0.717) is 36.5 Å². The Morgan fingerprint density at radius 3 is 1.91 bits per heavy atom. The first kappa shape index (κ1) is 45.3. The van der Waals surface area contributed by atoms with Crippen molar-refractivity contribution in [2.75, 3.05) is 27.7 Å². The van der Waals surface area contributed by atoms with Crippen molar-refractivity contribution in [2.45, 2.75) is 105 Å². The summed E-state index contributed by atoms with van der Waals surface area (Å²) in [4.78, 5) is 14.0. The highest BCUT2D eigenvalue weighted by atomic mass is 19.4. The number of likely N-dealkylation sites (N-methyl/N-ethyl adjacent to an activating group) is 1. The molecule has 10 heteroatoms. The first-order valence-corrected chi connectivity index (χ1v) is 15.8. The summed E-state index contributed by atoms with van der Waals surface area (Å²) in [5.74, 6) is 0.684. The highest BCUT2D eigenvalue weighted by Gasteiger charge is 2.37. The molecule has 1 rings (SSSR count). The molecular weight excluding hydrogens is 604 g/mol. The van der Waals surface area contributed by atoms with Gasteiger partial charge >= 0.3 is 12.4 Å². The molecule has 0 bridgehead atoms. The number of nitrogens with zero attached hydrogens (tertiary/aromatic N) is 2. The number of allylic oxidation sites excluding steroid dienone is 5. The highest BCUT2D eigenvalue weighted by Crippen LogP contribution is 2.38. The molecule has 0 saturated heterocycles. The van der Waals surface area contributed by atoms with Gasteiger partial charge in [-0.05, 0) is 91.2 Å². The summed E-state index contributed by atoms with van der Waals surface area (Å²) in [6.45, 7) is 21.4. The van der Waals surface area contributed by atoms with Crippen LogP contribution in [0.4, 0.5) is 26.3 Å². The van der Waals surface area contributed by atoms with Crippen molar-refractivity contribution < 1.29 is 31.1 Å². The first-order chi connectivity index (χ1) is 21.4. The van der Waals surface area contributed by atoms with Gasteiger partial charge in [-0.1, -0.05) is 75.3 Å². The van der Waals surface area contributed by atoms with E-state index in [0.717, 1.165) is 17.9 Å². The van der Waals surface area contributed by atoms with Crippen LogP contribution in [0.15, 0.2) is 66.3 Å². The average molecular weight is 662 g/mol. The fourth-order valence-electron chi connectivity index (χ4n) is 4.76. The maximum Gasteiger partial charge on any atom is 0.416 e. The van der Waals surface area contributed by atoms with Crippen LogP contribution in [0.3, 0.4) is 0 Å². The van der Waals surface area contributed by atoms with E-state index < -0.39 is 29.5 Å². The van der Waals surface area contributed by atoms with Crippen molar-refractivity contribution in [3.63, 3.8) is 0 Å². The smallest absolute Gasteiger partial charge is 0.342 e. The van der Waals surface area contributed by atoms with E-state index in [-0.39, 0.29) is 11.6 Å². The normalized spacial score (nSPS) is 15.3. The van der Waals surface area contributed by atoms with Crippen molar-refractivity contribution in [1.29, 1.82) is 0 Å². The Kier molecular flexibility index (Phi) is 22.3. The third kappa shape index (κ3) is 16.1. The maximum absolute atomic E-state index is 12.6. The summed E-state index contributed by atoms with van der Waals surface area (Å²) >= 11 is 0. The molecule has 0 heterocycles. The third-order valence-electron chi connectivity index (χ3n) is 8.14. The van der Waals surface area contributed by atoms with Gasteiger partial charge in [0.2, 0.25) is 6.41 Å². The van der Waals surface area contributed by atoms with Gasteiger partial charge in [-0.3, -0.25) is 4.79 Å². The number of hydrogen-bond acceptors (Lipinski definition) is 3. The Labute approximate surface area is 274 Å². The molecule has 0 radical (unpaired) electrons. The number of alkyl halides is 6. The molecule has 0 fully saturated rings. The van der Waals surface area contributed by atoms with Crippen LogP contribution in [0.25, 0.3) is 0 Å². The average Bonchev–Trinajstić information content (AvgIpc) is 3.02. The molecule has 0 aliphatic heterocycles. The number of rotatable bonds is 15. The van der Waals surface area contributed by atoms with E-state index in [4.69, 9.17) is 0 Å². The minimum atomic E-state index is -4.89. The molecule has 1 unspecified atom stereocenters. The molecule has 264 valence electrons. The Balaban J connectivity index is 0. The van der Waals surface area contributed by atoms with Crippen LogP contribution in [0, 0.1) is 5.92 Å². The van der Waals surface area contributed by atoms with Crippen LogP contribution in [0.5, 0.6) is 0 Å². The van der Waals surface area contributed by atoms with Gasteiger partial charge in [0.15, 0.2) is 0 Å². The van der Waals surface area contributed by atoms with Crippen LogP contribution in [-0.4, -0.2) is 56.0 Å². The van der Waals surface area contributed by atoms with Crippen LogP contribution in [0.2, 0.25) is 0 Å². The Morgan fingerprint density at radius 1 is 1.00 bits per heavy atom. The van der Waals surface area contributed by atoms with Crippen molar-refractivity contribution in [2.24, 2.45) is 5.92 Å². The molecule has 46 heavy (non-hydrogen) atoms. The predicted octanol–water partition coefficient (Wildman–Crippen LogP) is 10.3. The van der Waals surface area contributed by atoms with E-state index >= 15 is 0 Å². The number of carbonyl (C=O) groups excluding carboxylic acids is 1. The zero-order chi connectivity index (χ0) is 36.3. The van der Waals surface area contributed by atoms with Gasteiger partial charge in [0.05, 0.1) is 17.2 Å². The van der Waals surface area contributed by atoms with Gasteiger partial charge in [0.1, 0.15) is 0 Å². The Bertz CT molecular complexity index is 1080. The largest absolute Gasteiger partial charge is 0.416 e. The van der Waals surface area contributed by atoms with E-state index in [9.17, 15) is 31.1 Å². The lowest BCUT2D eigenvalue weighted by Crippen LogP contribution is -2.40. The molecular formula is C36H57F6N3O. The highest BCUT2D eigenvalue weighted by molar-refractivity contribution is 5.48. The summed E-state index contributed by atoms with van der Waals surface area (Å²) in [5, 5.41) is 3.53. The van der Waals surface area contributed by atoms with Gasteiger partial charge in [-0.25, -0.2) is 0 Å². The standard InChI is InChI=1S/C22H40N2.C12H11F6NO.C2H6/c1-9-12-13-14-16-24(8)20(6)21(11-3)17-22(23-7)19(5)18(4)15-10-2;1-7(19(2)6-20)8-3-9(11(13,14)15)5-10(4-8)12(16,17)18;1-2/h9-10,12-13,15,20-23H,1,11,14,16-17H2,2-8H3;3-7H,1-2H3;1-2H3/b13-12-,15-10-,19-18+;;/t20-,21?,22+;7-;/m01./s1. The van der Waals surface area contributed by atoms with Crippen LogP contribution in [0.1, 0.15) is 97.4 Å². The van der Waals surface area contributed by atoms with Crippen molar-refractivity contribution >= 4 is 6.41 Å². The SMILES string of the molecule is C=C/C=C\CCN(C)[C@@H](C)C(CC)C[C@@H](NC)/C(C)=C(C)/C=C\C.CC.C[C@H](c1cc(C(F)(F)F)cc(C(F)(F)F)c1)N(C)C=O. The first-order valence-electron chi connectivity index (χ1n) is 15.8. The lowest BCUT2D eigenvalue weighted by Gasteiger charge is -2.34. The Hall–Kier alpha value is -2.85. The number of nitrogens with one attached hydrogen (secondary N) is 1. The monoisotopic (exact) mass is 661 g/mol. The van der Waals surface area contributed by atoms with Crippen molar-refractivity contribution in [1.82, 2.24) is 15.1 Å². The van der Waals surface area contributed by atoms with Crippen LogP contribution in [-0.2, 0) is 17.1 Å². The molecule has 1 aromatic rings. The van der Waals surface area contributed by atoms with E-state index in [1.807, 2.05) is 26.0 Å². The molecule has 4 nitrogen and oxygen atoms in total.